The van der Waals surface area contributed by atoms with Crippen molar-refractivity contribution in [2.75, 3.05) is 16.2 Å². The van der Waals surface area contributed by atoms with Gasteiger partial charge in [0.05, 0.1) is 22.1 Å². The van der Waals surface area contributed by atoms with E-state index in [1.165, 1.54) is 36.1 Å². The zero-order valence-corrected chi connectivity index (χ0v) is 16.4. The molecule has 0 aromatic heterocycles. The van der Waals surface area contributed by atoms with Gasteiger partial charge in [-0.2, -0.15) is 0 Å². The number of aromatic carboxylic acids is 1. The summed E-state index contributed by atoms with van der Waals surface area (Å²) in [5.41, 5.74) is -0.357. The summed E-state index contributed by atoms with van der Waals surface area (Å²) in [5, 5.41) is 18.3. The zero-order chi connectivity index (χ0) is 22.2. The zero-order valence-electron chi connectivity index (χ0n) is 15.6. The summed E-state index contributed by atoms with van der Waals surface area (Å²) < 4.78 is 41.1. The number of carbonyl (C=O) groups is 3. The molecule has 11 heteroatoms. The van der Waals surface area contributed by atoms with Crippen LogP contribution >= 0.6 is 0 Å². The lowest BCUT2D eigenvalue weighted by Crippen LogP contribution is -2.25. The van der Waals surface area contributed by atoms with Gasteiger partial charge in [0.2, 0.25) is 5.91 Å². The molecule has 1 unspecified atom stereocenters. The number of nitrogens with zero attached hydrogens (tertiary/aromatic N) is 1. The third kappa shape index (κ3) is 4.10. The van der Waals surface area contributed by atoms with E-state index in [0.29, 0.717) is 11.8 Å². The maximum absolute atomic E-state index is 13.5. The van der Waals surface area contributed by atoms with Crippen molar-refractivity contribution in [1.29, 1.82) is 0 Å². The quantitative estimate of drug-likeness (QED) is 0.629. The molecular weight excluding hydrogens is 419 g/mol. The van der Waals surface area contributed by atoms with Crippen LogP contribution in [0.25, 0.3) is 0 Å². The number of hydrogen-bond donors (Lipinski definition) is 3. The predicted molar refractivity (Wildman–Crippen MR) is 103 cm³/mol. The molecule has 3 rings (SSSR count). The predicted octanol–water partition coefficient (Wildman–Crippen LogP) is 2.07. The average molecular weight is 436 g/mol. The largest absolute Gasteiger partial charge is 0.481 e. The van der Waals surface area contributed by atoms with Gasteiger partial charge in [0, 0.05) is 18.7 Å². The molecule has 0 saturated carbocycles. The van der Waals surface area contributed by atoms with Crippen LogP contribution in [-0.2, 0) is 19.6 Å². The van der Waals surface area contributed by atoms with Crippen LogP contribution in [0, 0.1) is 18.7 Å². The fraction of sp³-hybridized carbons (Fsp3) is 0.211. The van der Waals surface area contributed by atoms with E-state index in [2.05, 4.69) is 4.72 Å². The van der Waals surface area contributed by atoms with Gasteiger partial charge < -0.3 is 15.1 Å². The first kappa shape index (κ1) is 21.2. The van der Waals surface area contributed by atoms with Gasteiger partial charge in [-0.3, -0.25) is 14.3 Å². The number of anilines is 2. The smallest absolute Gasteiger partial charge is 0.337 e. The molecule has 0 spiro atoms. The number of amides is 1. The highest BCUT2D eigenvalue weighted by atomic mass is 32.2. The number of rotatable bonds is 6. The van der Waals surface area contributed by atoms with Crippen LogP contribution in [0.3, 0.4) is 0 Å². The van der Waals surface area contributed by atoms with Gasteiger partial charge in [0.15, 0.2) is 0 Å². The monoisotopic (exact) mass is 436 g/mol. The van der Waals surface area contributed by atoms with Crippen molar-refractivity contribution in [2.24, 2.45) is 5.92 Å². The molecule has 1 saturated heterocycles. The third-order valence-electron chi connectivity index (χ3n) is 4.70. The van der Waals surface area contributed by atoms with Crippen molar-refractivity contribution in [2.45, 2.75) is 18.2 Å². The first-order valence-corrected chi connectivity index (χ1v) is 10.2. The number of hydrogen-bond acceptors (Lipinski definition) is 5. The lowest BCUT2D eigenvalue weighted by Gasteiger charge is -2.17. The molecule has 158 valence electrons. The molecule has 1 amide bonds. The van der Waals surface area contributed by atoms with Crippen molar-refractivity contribution >= 4 is 39.2 Å². The number of nitrogens with one attached hydrogen (secondary N) is 1. The highest BCUT2D eigenvalue weighted by Crippen LogP contribution is 2.29. The number of aryl methyl sites for hydroxylation is 1. The minimum atomic E-state index is -4.22. The van der Waals surface area contributed by atoms with Crippen LogP contribution in [0.1, 0.15) is 22.3 Å². The van der Waals surface area contributed by atoms with Crippen LogP contribution in [0.2, 0.25) is 0 Å². The van der Waals surface area contributed by atoms with Crippen molar-refractivity contribution in [3.63, 3.8) is 0 Å². The van der Waals surface area contributed by atoms with Gasteiger partial charge in [-0.15, -0.1) is 0 Å². The maximum Gasteiger partial charge on any atom is 0.337 e. The van der Waals surface area contributed by atoms with Crippen LogP contribution in [-0.4, -0.2) is 43.0 Å². The number of carboxylic acid groups (broad SMARTS) is 2. The number of halogens is 1. The van der Waals surface area contributed by atoms with Gasteiger partial charge >= 0.3 is 11.9 Å². The second-order valence-corrected chi connectivity index (χ2v) is 8.48. The highest BCUT2D eigenvalue weighted by Gasteiger charge is 2.35. The molecule has 30 heavy (non-hydrogen) atoms. The van der Waals surface area contributed by atoms with Crippen LogP contribution in [0.15, 0.2) is 41.3 Å². The van der Waals surface area contributed by atoms with Gasteiger partial charge in [0.1, 0.15) is 5.82 Å². The van der Waals surface area contributed by atoms with Crippen molar-refractivity contribution in [3.05, 3.63) is 53.3 Å². The van der Waals surface area contributed by atoms with Gasteiger partial charge in [-0.05, 0) is 48.9 Å². The summed E-state index contributed by atoms with van der Waals surface area (Å²) in [7, 11) is -4.22. The van der Waals surface area contributed by atoms with E-state index < -0.39 is 39.3 Å². The van der Waals surface area contributed by atoms with Gasteiger partial charge in [0.25, 0.3) is 10.0 Å². The summed E-state index contributed by atoms with van der Waals surface area (Å²) in [4.78, 5) is 35.5. The van der Waals surface area contributed by atoms with E-state index in [9.17, 15) is 32.3 Å². The second kappa shape index (κ2) is 7.75. The van der Waals surface area contributed by atoms with Crippen LogP contribution in [0.4, 0.5) is 15.8 Å². The van der Waals surface area contributed by atoms with Gasteiger partial charge in [-0.25, -0.2) is 17.6 Å². The SMILES string of the molecule is Cc1cc(F)cc(C(=O)O)c1NS(=O)(=O)c1ccc(N2CC(C(=O)O)CC2=O)cc1. The standard InChI is InChI=1S/C19H17FN2O7S/c1-10-6-12(20)8-15(19(26)27)17(10)21-30(28,29)14-4-2-13(3-5-14)22-9-11(18(24)25)7-16(22)23/h2-6,8,11,21H,7,9H2,1H3,(H,24,25)(H,26,27). The third-order valence-corrected chi connectivity index (χ3v) is 6.07. The molecule has 2 aromatic carbocycles. The highest BCUT2D eigenvalue weighted by molar-refractivity contribution is 7.92. The summed E-state index contributed by atoms with van der Waals surface area (Å²) >= 11 is 0. The number of carbonyl (C=O) groups excluding carboxylic acids is 1. The fourth-order valence-corrected chi connectivity index (χ4v) is 4.32. The van der Waals surface area contributed by atoms with Gasteiger partial charge in [-0.1, -0.05) is 0 Å². The summed E-state index contributed by atoms with van der Waals surface area (Å²) in [6.45, 7) is 1.35. The topological polar surface area (TPSA) is 141 Å². The molecule has 1 aliphatic rings. The number of benzene rings is 2. The number of aliphatic carboxylic acids is 1. The Bertz CT molecular complexity index is 1150. The Morgan fingerprint density at radius 3 is 2.33 bits per heavy atom. The fourth-order valence-electron chi connectivity index (χ4n) is 3.17. The maximum atomic E-state index is 13.5. The Balaban J connectivity index is 1.88. The van der Waals surface area contributed by atoms with E-state index in [1.807, 2.05) is 0 Å². The Morgan fingerprint density at radius 2 is 1.80 bits per heavy atom. The van der Waals surface area contributed by atoms with Crippen LogP contribution in [0.5, 0.6) is 0 Å². The molecule has 3 N–H and O–H groups in total. The summed E-state index contributed by atoms with van der Waals surface area (Å²) in [6, 6.07) is 6.84. The molecule has 9 nitrogen and oxygen atoms in total. The first-order chi connectivity index (χ1) is 14.0. The molecule has 0 bridgehead atoms. The number of sulfonamides is 1. The van der Waals surface area contributed by atoms with E-state index in [-0.39, 0.29) is 35.0 Å². The van der Waals surface area contributed by atoms with Crippen molar-refractivity contribution in [1.82, 2.24) is 0 Å². The van der Waals surface area contributed by atoms with E-state index in [1.54, 1.807) is 0 Å². The Labute approximate surface area is 170 Å². The van der Waals surface area contributed by atoms with Crippen LogP contribution < -0.4 is 9.62 Å². The van der Waals surface area contributed by atoms with E-state index in [0.717, 1.165) is 6.07 Å². The average Bonchev–Trinajstić information content (AvgIpc) is 3.05. The Kier molecular flexibility index (Phi) is 5.49. The summed E-state index contributed by atoms with van der Waals surface area (Å²) in [6.07, 6.45) is -0.140. The summed E-state index contributed by atoms with van der Waals surface area (Å²) in [5.74, 6) is -4.61. The second-order valence-electron chi connectivity index (χ2n) is 6.79. The number of carboxylic acids is 2. The minimum Gasteiger partial charge on any atom is -0.481 e. The Morgan fingerprint density at radius 1 is 1.17 bits per heavy atom. The molecular formula is C19H17FN2O7S. The molecule has 1 atom stereocenters. The minimum absolute atomic E-state index is 0.0186. The molecule has 1 fully saturated rings. The lowest BCUT2D eigenvalue weighted by molar-refractivity contribution is -0.141. The van der Waals surface area contributed by atoms with E-state index >= 15 is 0 Å². The Hall–Kier alpha value is -3.47. The van der Waals surface area contributed by atoms with E-state index in [4.69, 9.17) is 5.11 Å². The van der Waals surface area contributed by atoms with Crippen molar-refractivity contribution < 1.29 is 37.4 Å². The molecule has 1 aliphatic heterocycles. The lowest BCUT2D eigenvalue weighted by atomic mass is 10.1. The molecule has 1 heterocycles. The normalized spacial score (nSPS) is 16.5. The molecule has 0 radical (unpaired) electrons. The molecule has 2 aromatic rings. The first-order valence-electron chi connectivity index (χ1n) is 8.69. The molecule has 0 aliphatic carbocycles. The van der Waals surface area contributed by atoms with Crippen molar-refractivity contribution in [3.8, 4) is 0 Å².